The predicted molar refractivity (Wildman–Crippen MR) is 83.4 cm³/mol. The second kappa shape index (κ2) is 11.1. The van der Waals surface area contributed by atoms with Crippen LogP contribution in [0.5, 0.6) is 5.75 Å². The minimum absolute atomic E-state index is 0.0105. The molecule has 1 amide bonds. The summed E-state index contributed by atoms with van der Waals surface area (Å²) < 4.78 is 5.50. The van der Waals surface area contributed by atoms with Crippen molar-refractivity contribution < 1.29 is 14.6 Å². The van der Waals surface area contributed by atoms with Gasteiger partial charge in [0.15, 0.2) is 0 Å². The molecular weight excluding hydrogens is 268 g/mol. The van der Waals surface area contributed by atoms with Gasteiger partial charge >= 0.3 is 0 Å². The van der Waals surface area contributed by atoms with Gasteiger partial charge in [-0.05, 0) is 45.0 Å². The molecule has 118 valence electrons. The Hall–Kier alpha value is -1.59. The van der Waals surface area contributed by atoms with Crippen LogP contribution in [0, 0.1) is 0 Å². The van der Waals surface area contributed by atoms with Gasteiger partial charge in [-0.15, -0.1) is 0 Å². The molecule has 0 fully saturated rings. The summed E-state index contributed by atoms with van der Waals surface area (Å²) in [4.78, 5) is 13.7. The predicted octanol–water partition coefficient (Wildman–Crippen LogP) is 1.28. The topological polar surface area (TPSA) is 61.8 Å². The number of benzene rings is 1. The van der Waals surface area contributed by atoms with Crippen molar-refractivity contribution in [2.75, 3.05) is 39.9 Å². The first kappa shape index (κ1) is 17.5. The molecule has 0 bridgehead atoms. The van der Waals surface area contributed by atoms with E-state index in [4.69, 9.17) is 9.84 Å². The highest BCUT2D eigenvalue weighted by molar-refractivity contribution is 5.77. The third-order valence-electron chi connectivity index (χ3n) is 3.05. The Morgan fingerprint density at radius 2 is 2.00 bits per heavy atom. The lowest BCUT2D eigenvalue weighted by atomic mass is 10.2. The lowest BCUT2D eigenvalue weighted by molar-refractivity contribution is -0.122. The standard InChI is InChI=1S/C16H26N2O3/c1-18(11-6-3-7-12-19)14-16(20)17-10-13-21-15-8-4-2-5-9-15/h2,4-5,8-9,19H,3,6-7,10-14H2,1H3,(H,17,20). The number of nitrogens with zero attached hydrogens (tertiary/aromatic N) is 1. The number of aliphatic hydroxyl groups excluding tert-OH is 1. The number of hydrogen-bond donors (Lipinski definition) is 2. The lowest BCUT2D eigenvalue weighted by Crippen LogP contribution is -2.37. The Bertz CT molecular complexity index is 384. The molecule has 1 aromatic carbocycles. The fraction of sp³-hybridized carbons (Fsp3) is 0.562. The molecule has 1 rings (SSSR count). The van der Waals surface area contributed by atoms with Gasteiger partial charge in [-0.3, -0.25) is 9.69 Å². The summed E-state index contributed by atoms with van der Waals surface area (Å²) in [6.45, 7) is 2.48. The molecule has 0 aromatic heterocycles. The van der Waals surface area contributed by atoms with E-state index in [9.17, 15) is 4.79 Å². The summed E-state index contributed by atoms with van der Waals surface area (Å²) in [6.07, 6.45) is 2.83. The quantitative estimate of drug-likeness (QED) is 0.604. The molecule has 0 aliphatic heterocycles. The average molecular weight is 294 g/mol. The fourth-order valence-corrected chi connectivity index (χ4v) is 1.93. The number of aliphatic hydroxyl groups is 1. The average Bonchev–Trinajstić information content (AvgIpc) is 2.49. The first-order chi connectivity index (χ1) is 10.2. The van der Waals surface area contributed by atoms with Gasteiger partial charge in [0.1, 0.15) is 12.4 Å². The zero-order valence-electron chi connectivity index (χ0n) is 12.8. The first-order valence-electron chi connectivity index (χ1n) is 7.46. The second-order valence-electron chi connectivity index (χ2n) is 5.03. The van der Waals surface area contributed by atoms with Crippen LogP contribution >= 0.6 is 0 Å². The van der Waals surface area contributed by atoms with Crippen molar-refractivity contribution in [3.05, 3.63) is 30.3 Å². The third-order valence-corrected chi connectivity index (χ3v) is 3.05. The molecule has 0 radical (unpaired) electrons. The van der Waals surface area contributed by atoms with Gasteiger partial charge in [-0.2, -0.15) is 0 Å². The van der Waals surface area contributed by atoms with Crippen LogP contribution in [0.15, 0.2) is 30.3 Å². The molecule has 1 aromatic rings. The Morgan fingerprint density at radius 1 is 1.24 bits per heavy atom. The van der Waals surface area contributed by atoms with E-state index in [-0.39, 0.29) is 12.5 Å². The fourth-order valence-electron chi connectivity index (χ4n) is 1.93. The zero-order chi connectivity index (χ0) is 15.3. The van der Waals surface area contributed by atoms with E-state index in [2.05, 4.69) is 5.32 Å². The first-order valence-corrected chi connectivity index (χ1v) is 7.46. The van der Waals surface area contributed by atoms with E-state index < -0.39 is 0 Å². The molecule has 5 heteroatoms. The molecule has 0 saturated carbocycles. The minimum atomic E-state index is 0.0105. The molecule has 0 spiro atoms. The Labute approximate surface area is 126 Å². The van der Waals surface area contributed by atoms with Gasteiger partial charge < -0.3 is 15.2 Å². The number of amides is 1. The number of hydrogen-bond acceptors (Lipinski definition) is 4. The van der Waals surface area contributed by atoms with Gasteiger partial charge in [-0.1, -0.05) is 18.2 Å². The van der Waals surface area contributed by atoms with E-state index in [1.807, 2.05) is 42.3 Å². The Kier molecular flexibility index (Phi) is 9.24. The number of carbonyl (C=O) groups is 1. The van der Waals surface area contributed by atoms with Gasteiger partial charge in [0.25, 0.3) is 0 Å². The Morgan fingerprint density at radius 3 is 2.71 bits per heavy atom. The second-order valence-corrected chi connectivity index (χ2v) is 5.03. The van der Waals surface area contributed by atoms with Crippen molar-refractivity contribution in [1.29, 1.82) is 0 Å². The number of rotatable bonds is 11. The van der Waals surface area contributed by atoms with E-state index in [0.29, 0.717) is 19.7 Å². The number of carbonyl (C=O) groups excluding carboxylic acids is 1. The van der Waals surface area contributed by atoms with Crippen molar-refractivity contribution in [2.24, 2.45) is 0 Å². The Balaban J connectivity index is 2.02. The maximum Gasteiger partial charge on any atom is 0.234 e. The van der Waals surface area contributed by atoms with Crippen LogP contribution in [0.25, 0.3) is 0 Å². The van der Waals surface area contributed by atoms with Crippen LogP contribution in [-0.2, 0) is 4.79 Å². The van der Waals surface area contributed by atoms with E-state index in [0.717, 1.165) is 31.6 Å². The van der Waals surface area contributed by atoms with Crippen LogP contribution in [0.2, 0.25) is 0 Å². The van der Waals surface area contributed by atoms with Crippen molar-refractivity contribution in [3.8, 4) is 5.75 Å². The van der Waals surface area contributed by atoms with Crippen molar-refractivity contribution in [1.82, 2.24) is 10.2 Å². The molecule has 21 heavy (non-hydrogen) atoms. The van der Waals surface area contributed by atoms with Crippen LogP contribution in [0.1, 0.15) is 19.3 Å². The molecule has 0 saturated heterocycles. The van der Waals surface area contributed by atoms with Gasteiger partial charge in [0.2, 0.25) is 5.91 Å². The van der Waals surface area contributed by atoms with Crippen LogP contribution < -0.4 is 10.1 Å². The number of para-hydroxylation sites is 1. The van der Waals surface area contributed by atoms with Gasteiger partial charge in [-0.25, -0.2) is 0 Å². The van der Waals surface area contributed by atoms with Crippen LogP contribution in [0.4, 0.5) is 0 Å². The molecule has 0 unspecified atom stereocenters. The molecule has 0 aliphatic carbocycles. The van der Waals surface area contributed by atoms with E-state index in [1.54, 1.807) is 0 Å². The summed E-state index contributed by atoms with van der Waals surface area (Å²) in [5, 5.41) is 11.5. The number of nitrogens with one attached hydrogen (secondary N) is 1. The third kappa shape index (κ3) is 9.05. The lowest BCUT2D eigenvalue weighted by Gasteiger charge is -2.16. The smallest absolute Gasteiger partial charge is 0.234 e. The van der Waals surface area contributed by atoms with Gasteiger partial charge in [0.05, 0.1) is 13.1 Å². The van der Waals surface area contributed by atoms with Crippen molar-refractivity contribution >= 4 is 5.91 Å². The summed E-state index contributed by atoms with van der Waals surface area (Å²) in [5.41, 5.74) is 0. The molecular formula is C16H26N2O3. The maximum absolute atomic E-state index is 11.7. The van der Waals surface area contributed by atoms with E-state index in [1.165, 1.54) is 0 Å². The summed E-state index contributed by atoms with van der Waals surface area (Å²) >= 11 is 0. The monoisotopic (exact) mass is 294 g/mol. The van der Waals surface area contributed by atoms with Crippen molar-refractivity contribution in [2.45, 2.75) is 19.3 Å². The maximum atomic E-state index is 11.7. The highest BCUT2D eigenvalue weighted by Gasteiger charge is 2.05. The molecule has 0 aliphatic rings. The number of likely N-dealkylation sites (N-methyl/N-ethyl adjacent to an activating group) is 1. The largest absolute Gasteiger partial charge is 0.492 e. The normalized spacial score (nSPS) is 10.6. The molecule has 5 nitrogen and oxygen atoms in total. The SMILES string of the molecule is CN(CCCCCO)CC(=O)NCCOc1ccccc1. The van der Waals surface area contributed by atoms with Crippen molar-refractivity contribution in [3.63, 3.8) is 0 Å². The van der Waals surface area contributed by atoms with E-state index >= 15 is 0 Å². The number of unbranched alkanes of at least 4 members (excludes halogenated alkanes) is 2. The summed E-state index contributed by atoms with van der Waals surface area (Å²) in [5.74, 6) is 0.823. The number of ether oxygens (including phenoxy) is 1. The minimum Gasteiger partial charge on any atom is -0.492 e. The summed E-state index contributed by atoms with van der Waals surface area (Å²) in [7, 11) is 1.93. The van der Waals surface area contributed by atoms with Crippen LogP contribution in [-0.4, -0.2) is 55.8 Å². The highest BCUT2D eigenvalue weighted by Crippen LogP contribution is 2.07. The summed E-state index contributed by atoms with van der Waals surface area (Å²) in [6, 6.07) is 9.55. The zero-order valence-corrected chi connectivity index (χ0v) is 12.8. The molecule has 2 N–H and O–H groups in total. The molecule has 0 heterocycles. The molecule has 0 atom stereocenters. The van der Waals surface area contributed by atoms with Crippen LogP contribution in [0.3, 0.4) is 0 Å². The van der Waals surface area contributed by atoms with Gasteiger partial charge in [0, 0.05) is 6.61 Å². The highest BCUT2D eigenvalue weighted by atomic mass is 16.5.